The zero-order valence-electron chi connectivity index (χ0n) is 10.4. The van der Waals surface area contributed by atoms with Gasteiger partial charge in [0.05, 0.1) is 23.2 Å². The van der Waals surface area contributed by atoms with Gasteiger partial charge in [0.15, 0.2) is 0 Å². The largest absolute Gasteiger partial charge is 0.495 e. The van der Waals surface area contributed by atoms with E-state index in [0.717, 1.165) is 0 Å². The summed E-state index contributed by atoms with van der Waals surface area (Å²) in [5, 5.41) is 9.16. The van der Waals surface area contributed by atoms with Crippen molar-refractivity contribution in [1.29, 1.82) is 0 Å². The molecule has 0 aliphatic carbocycles. The van der Waals surface area contributed by atoms with Crippen LogP contribution in [0, 0.1) is 0 Å². The number of amides is 1. The maximum absolute atomic E-state index is 11.9. The van der Waals surface area contributed by atoms with Crippen LogP contribution in [-0.2, 0) is 10.0 Å². The first kappa shape index (κ1) is 14.4. The van der Waals surface area contributed by atoms with Gasteiger partial charge in [-0.1, -0.05) is 0 Å². The van der Waals surface area contributed by atoms with Crippen LogP contribution in [0.4, 0.5) is 5.69 Å². The third-order valence-electron chi connectivity index (χ3n) is 2.41. The smallest absolute Gasteiger partial charge is 0.275 e. The fourth-order valence-corrected chi connectivity index (χ4v) is 2.54. The highest BCUT2D eigenvalue weighted by atomic mass is 32.2. The standard InChI is InChI=1S/C11H11N3O4S2/c1-18-10-3-2-7(20(12,16)17)4-8(10)14-11(15)9-5-19-6-13-9/h2-6H,1H3,(H,14,15)(H2,12,16,17). The summed E-state index contributed by atoms with van der Waals surface area (Å²) in [7, 11) is -2.45. The summed E-state index contributed by atoms with van der Waals surface area (Å²) in [6.45, 7) is 0. The molecule has 0 aliphatic rings. The fourth-order valence-electron chi connectivity index (χ4n) is 1.47. The summed E-state index contributed by atoms with van der Waals surface area (Å²) in [6.07, 6.45) is 0. The number of aromatic nitrogens is 1. The van der Waals surface area contributed by atoms with Crippen molar-refractivity contribution >= 4 is 33.0 Å². The number of nitrogens with two attached hydrogens (primary N) is 1. The SMILES string of the molecule is COc1ccc(S(N)(=O)=O)cc1NC(=O)c1cscn1. The van der Waals surface area contributed by atoms with Gasteiger partial charge in [0, 0.05) is 5.38 Å². The van der Waals surface area contributed by atoms with Crippen LogP contribution in [0.1, 0.15) is 10.5 Å². The molecule has 1 heterocycles. The number of carbonyl (C=O) groups excluding carboxylic acids is 1. The number of methoxy groups -OCH3 is 1. The minimum absolute atomic E-state index is 0.119. The molecular formula is C11H11N3O4S2. The van der Waals surface area contributed by atoms with E-state index in [1.54, 1.807) is 5.38 Å². The van der Waals surface area contributed by atoms with Gasteiger partial charge in [0.2, 0.25) is 10.0 Å². The Balaban J connectivity index is 2.37. The maximum Gasteiger partial charge on any atom is 0.275 e. The zero-order valence-corrected chi connectivity index (χ0v) is 12.0. The van der Waals surface area contributed by atoms with Gasteiger partial charge in [0.1, 0.15) is 11.4 Å². The Kier molecular flexibility index (Phi) is 4.02. The van der Waals surface area contributed by atoms with Gasteiger partial charge in [-0.15, -0.1) is 11.3 Å². The third-order valence-corrected chi connectivity index (χ3v) is 3.91. The number of benzene rings is 1. The molecule has 0 unspecified atom stereocenters. The van der Waals surface area contributed by atoms with E-state index >= 15 is 0 Å². The number of rotatable bonds is 4. The van der Waals surface area contributed by atoms with Crippen molar-refractivity contribution in [3.05, 3.63) is 34.8 Å². The highest BCUT2D eigenvalue weighted by Gasteiger charge is 2.15. The Hall–Kier alpha value is -1.97. The Bertz CT molecular complexity index is 726. The summed E-state index contributed by atoms with van der Waals surface area (Å²) < 4.78 is 27.7. The van der Waals surface area contributed by atoms with Crippen LogP contribution in [0.3, 0.4) is 0 Å². The second-order valence-electron chi connectivity index (χ2n) is 3.73. The molecular weight excluding hydrogens is 302 g/mol. The monoisotopic (exact) mass is 313 g/mol. The summed E-state index contributed by atoms with van der Waals surface area (Å²) in [6, 6.07) is 3.95. The molecule has 3 N–H and O–H groups in total. The first-order valence-electron chi connectivity index (χ1n) is 5.32. The average Bonchev–Trinajstić information content (AvgIpc) is 2.91. The van der Waals surface area contributed by atoms with E-state index in [1.807, 2.05) is 0 Å². The van der Waals surface area contributed by atoms with Crippen molar-refractivity contribution in [2.24, 2.45) is 5.14 Å². The lowest BCUT2D eigenvalue weighted by atomic mass is 10.3. The number of ether oxygens (including phenoxy) is 1. The lowest BCUT2D eigenvalue weighted by Gasteiger charge is -2.10. The zero-order chi connectivity index (χ0) is 14.8. The van der Waals surface area contributed by atoms with Gasteiger partial charge >= 0.3 is 0 Å². The Morgan fingerprint density at radius 3 is 2.75 bits per heavy atom. The number of hydrogen-bond acceptors (Lipinski definition) is 6. The van der Waals surface area contributed by atoms with Crippen molar-refractivity contribution in [2.75, 3.05) is 12.4 Å². The van der Waals surface area contributed by atoms with Crippen molar-refractivity contribution in [2.45, 2.75) is 4.90 Å². The lowest BCUT2D eigenvalue weighted by molar-refractivity contribution is 0.102. The molecule has 1 aromatic carbocycles. The van der Waals surface area contributed by atoms with E-state index in [1.165, 1.54) is 42.2 Å². The van der Waals surface area contributed by atoms with E-state index in [2.05, 4.69) is 10.3 Å². The molecule has 0 saturated heterocycles. The molecule has 106 valence electrons. The maximum atomic E-state index is 11.9. The molecule has 7 nitrogen and oxygen atoms in total. The molecule has 9 heteroatoms. The molecule has 2 rings (SSSR count). The van der Waals surface area contributed by atoms with Crippen LogP contribution in [0.5, 0.6) is 5.75 Å². The third kappa shape index (κ3) is 3.13. The Morgan fingerprint density at radius 2 is 2.20 bits per heavy atom. The minimum atomic E-state index is -3.86. The highest BCUT2D eigenvalue weighted by molar-refractivity contribution is 7.89. The van der Waals surface area contributed by atoms with Crippen molar-refractivity contribution in [3.63, 3.8) is 0 Å². The molecule has 0 radical (unpaired) electrons. The summed E-state index contributed by atoms with van der Waals surface area (Å²) in [4.78, 5) is 15.6. The van der Waals surface area contributed by atoms with E-state index < -0.39 is 15.9 Å². The van der Waals surface area contributed by atoms with Gasteiger partial charge in [0.25, 0.3) is 5.91 Å². The number of nitrogens with one attached hydrogen (secondary N) is 1. The highest BCUT2D eigenvalue weighted by Crippen LogP contribution is 2.27. The number of carbonyl (C=O) groups is 1. The van der Waals surface area contributed by atoms with E-state index in [9.17, 15) is 13.2 Å². The van der Waals surface area contributed by atoms with Crippen molar-refractivity contribution < 1.29 is 17.9 Å². The molecule has 0 fully saturated rings. The van der Waals surface area contributed by atoms with Crippen LogP contribution in [0.2, 0.25) is 0 Å². The van der Waals surface area contributed by atoms with Crippen LogP contribution < -0.4 is 15.2 Å². The second kappa shape index (κ2) is 5.57. The molecule has 1 aromatic heterocycles. The predicted molar refractivity (Wildman–Crippen MR) is 74.4 cm³/mol. The molecule has 0 saturated carbocycles. The quantitative estimate of drug-likeness (QED) is 0.876. The van der Waals surface area contributed by atoms with Crippen LogP contribution in [-0.4, -0.2) is 26.4 Å². The summed E-state index contributed by atoms with van der Waals surface area (Å²) in [5.41, 5.74) is 1.96. The van der Waals surface area contributed by atoms with Gasteiger partial charge in [-0.3, -0.25) is 4.79 Å². The van der Waals surface area contributed by atoms with Crippen molar-refractivity contribution in [1.82, 2.24) is 4.98 Å². The number of nitrogens with zero attached hydrogens (tertiary/aromatic N) is 1. The fraction of sp³-hybridized carbons (Fsp3) is 0.0909. The molecule has 0 atom stereocenters. The average molecular weight is 313 g/mol. The van der Waals surface area contributed by atoms with Gasteiger partial charge in [-0.05, 0) is 18.2 Å². The molecule has 2 aromatic rings. The number of hydrogen-bond donors (Lipinski definition) is 2. The van der Waals surface area contributed by atoms with Crippen LogP contribution >= 0.6 is 11.3 Å². The first-order valence-corrected chi connectivity index (χ1v) is 7.81. The Morgan fingerprint density at radius 1 is 1.45 bits per heavy atom. The first-order chi connectivity index (χ1) is 9.41. The Labute approximate surface area is 119 Å². The number of thiazole rings is 1. The van der Waals surface area contributed by atoms with Gasteiger partial charge in [-0.2, -0.15) is 0 Å². The second-order valence-corrected chi connectivity index (χ2v) is 6.02. The number of primary sulfonamides is 1. The molecule has 0 spiro atoms. The predicted octanol–water partition coefficient (Wildman–Crippen LogP) is 1.05. The van der Waals surface area contributed by atoms with Gasteiger partial charge in [-0.25, -0.2) is 18.5 Å². The molecule has 0 bridgehead atoms. The molecule has 1 amide bonds. The summed E-state index contributed by atoms with van der Waals surface area (Å²) in [5.74, 6) is -0.142. The lowest BCUT2D eigenvalue weighted by Crippen LogP contribution is -2.15. The number of sulfonamides is 1. The minimum Gasteiger partial charge on any atom is -0.495 e. The van der Waals surface area contributed by atoms with E-state index in [4.69, 9.17) is 9.88 Å². The van der Waals surface area contributed by atoms with E-state index in [-0.39, 0.29) is 16.3 Å². The van der Waals surface area contributed by atoms with Crippen molar-refractivity contribution in [3.8, 4) is 5.75 Å². The summed E-state index contributed by atoms with van der Waals surface area (Å²) >= 11 is 1.28. The molecule has 0 aliphatic heterocycles. The van der Waals surface area contributed by atoms with Gasteiger partial charge < -0.3 is 10.1 Å². The van der Waals surface area contributed by atoms with Crippen LogP contribution in [0.25, 0.3) is 0 Å². The van der Waals surface area contributed by atoms with E-state index in [0.29, 0.717) is 5.75 Å². The number of anilines is 1. The topological polar surface area (TPSA) is 111 Å². The normalized spacial score (nSPS) is 11.1. The van der Waals surface area contributed by atoms with Crippen LogP contribution in [0.15, 0.2) is 34.0 Å². The molecule has 20 heavy (non-hydrogen) atoms.